The molecular formula is C18H19O. The predicted octanol–water partition coefficient (Wildman–Crippen LogP) is 4.44. The summed E-state index contributed by atoms with van der Waals surface area (Å²) in [5.41, 5.74) is 1.66. The van der Waals surface area contributed by atoms with Gasteiger partial charge in [0.15, 0.2) is 5.78 Å². The molecule has 1 nitrogen and oxygen atoms in total. The van der Waals surface area contributed by atoms with E-state index in [0.717, 1.165) is 17.0 Å². The summed E-state index contributed by atoms with van der Waals surface area (Å²) in [4.78, 5) is 12.5. The molecule has 0 aliphatic carbocycles. The molecule has 97 valence electrons. The summed E-state index contributed by atoms with van der Waals surface area (Å²) in [7, 11) is 0. The van der Waals surface area contributed by atoms with Crippen molar-refractivity contribution >= 4 is 5.78 Å². The summed E-state index contributed by atoms with van der Waals surface area (Å²) in [6.45, 7) is 6.12. The van der Waals surface area contributed by atoms with Crippen LogP contribution in [0.25, 0.3) is 0 Å². The van der Waals surface area contributed by atoms with Gasteiger partial charge in [0, 0.05) is 11.0 Å². The average molecular weight is 251 g/mol. The molecule has 0 atom stereocenters. The van der Waals surface area contributed by atoms with Gasteiger partial charge in [-0.1, -0.05) is 81.4 Å². The van der Waals surface area contributed by atoms with Gasteiger partial charge < -0.3 is 0 Å². The molecule has 0 heterocycles. The lowest BCUT2D eigenvalue weighted by Crippen LogP contribution is -2.30. The van der Waals surface area contributed by atoms with Crippen LogP contribution in [0.4, 0.5) is 0 Å². The maximum absolute atomic E-state index is 12.5. The Morgan fingerprint density at radius 2 is 1.32 bits per heavy atom. The summed E-state index contributed by atoms with van der Waals surface area (Å²) in [6, 6.07) is 19.6. The SMILES string of the molecule is C[C](C(=O)c1ccccc1)C(C)(C)c1ccccc1. The van der Waals surface area contributed by atoms with Gasteiger partial charge in [0.1, 0.15) is 0 Å². The van der Waals surface area contributed by atoms with Gasteiger partial charge in [0.2, 0.25) is 0 Å². The van der Waals surface area contributed by atoms with E-state index in [1.54, 1.807) is 0 Å². The molecule has 0 unspecified atom stereocenters. The van der Waals surface area contributed by atoms with Crippen LogP contribution in [0, 0.1) is 5.92 Å². The second kappa shape index (κ2) is 5.40. The van der Waals surface area contributed by atoms with Crippen LogP contribution < -0.4 is 0 Å². The van der Waals surface area contributed by atoms with Crippen molar-refractivity contribution in [2.75, 3.05) is 0 Å². The van der Waals surface area contributed by atoms with Crippen molar-refractivity contribution < 1.29 is 4.79 Å². The molecule has 0 aliphatic heterocycles. The minimum atomic E-state index is -0.256. The molecule has 0 bridgehead atoms. The highest BCUT2D eigenvalue weighted by molar-refractivity contribution is 6.07. The van der Waals surface area contributed by atoms with E-state index >= 15 is 0 Å². The van der Waals surface area contributed by atoms with Gasteiger partial charge in [-0.15, -0.1) is 0 Å². The molecule has 2 aromatic carbocycles. The van der Waals surface area contributed by atoms with Gasteiger partial charge in [-0.2, -0.15) is 0 Å². The molecule has 0 N–H and O–H groups in total. The van der Waals surface area contributed by atoms with Crippen molar-refractivity contribution in [3.8, 4) is 0 Å². The monoisotopic (exact) mass is 251 g/mol. The maximum Gasteiger partial charge on any atom is 0.170 e. The lowest BCUT2D eigenvalue weighted by Gasteiger charge is -2.31. The Hall–Kier alpha value is -1.89. The number of hydrogen-bond acceptors (Lipinski definition) is 1. The van der Waals surface area contributed by atoms with Crippen molar-refractivity contribution in [1.29, 1.82) is 0 Å². The van der Waals surface area contributed by atoms with Crippen LogP contribution in [0.15, 0.2) is 60.7 Å². The first-order valence-corrected chi connectivity index (χ1v) is 6.53. The largest absolute Gasteiger partial charge is 0.293 e. The topological polar surface area (TPSA) is 17.1 Å². The molecule has 0 fully saturated rings. The van der Waals surface area contributed by atoms with E-state index in [1.807, 2.05) is 55.5 Å². The molecule has 19 heavy (non-hydrogen) atoms. The van der Waals surface area contributed by atoms with Gasteiger partial charge in [-0.3, -0.25) is 4.79 Å². The molecule has 1 heteroatoms. The highest BCUT2D eigenvalue weighted by atomic mass is 16.1. The molecule has 0 saturated heterocycles. The number of carbonyl (C=O) groups is 1. The predicted molar refractivity (Wildman–Crippen MR) is 79.2 cm³/mol. The summed E-state index contributed by atoms with van der Waals surface area (Å²) in [5.74, 6) is 0.986. The Morgan fingerprint density at radius 3 is 1.84 bits per heavy atom. The lowest BCUT2D eigenvalue weighted by atomic mass is 9.71. The van der Waals surface area contributed by atoms with Gasteiger partial charge >= 0.3 is 0 Å². The Bertz CT molecular complexity index is 540. The summed E-state index contributed by atoms with van der Waals surface area (Å²) < 4.78 is 0. The quantitative estimate of drug-likeness (QED) is 0.734. The van der Waals surface area contributed by atoms with Gasteiger partial charge in [-0.05, 0) is 5.56 Å². The van der Waals surface area contributed by atoms with Crippen LogP contribution in [0.5, 0.6) is 0 Å². The smallest absolute Gasteiger partial charge is 0.170 e. The Balaban J connectivity index is 2.29. The number of Topliss-reactive ketones (excluding diaryl/α,β-unsaturated/α-hetero) is 1. The minimum absolute atomic E-state index is 0.120. The molecule has 0 aromatic heterocycles. The van der Waals surface area contributed by atoms with Crippen LogP contribution in [0.2, 0.25) is 0 Å². The number of carbonyl (C=O) groups excluding carboxylic acids is 1. The standard InChI is InChI=1S/C18H19O/c1-14(17(19)15-10-6-4-7-11-15)18(2,3)16-12-8-5-9-13-16/h4-13H,1-3H3. The second-order valence-electron chi connectivity index (χ2n) is 5.31. The average Bonchev–Trinajstić information content (AvgIpc) is 2.47. The Labute approximate surface area is 115 Å². The highest BCUT2D eigenvalue weighted by Gasteiger charge is 2.33. The fraction of sp³-hybridized carbons (Fsp3) is 0.222. The van der Waals surface area contributed by atoms with Gasteiger partial charge in [-0.25, -0.2) is 0 Å². The zero-order valence-electron chi connectivity index (χ0n) is 11.7. The van der Waals surface area contributed by atoms with E-state index in [1.165, 1.54) is 0 Å². The Morgan fingerprint density at radius 1 is 0.842 bits per heavy atom. The fourth-order valence-corrected chi connectivity index (χ4v) is 2.16. The van der Waals surface area contributed by atoms with Crippen molar-refractivity contribution in [3.05, 3.63) is 77.7 Å². The number of hydrogen-bond donors (Lipinski definition) is 0. The third kappa shape index (κ3) is 2.76. The number of benzene rings is 2. The third-order valence-corrected chi connectivity index (χ3v) is 3.81. The first kappa shape index (κ1) is 13.5. The van der Waals surface area contributed by atoms with Gasteiger partial charge in [0.25, 0.3) is 0 Å². The molecule has 0 spiro atoms. The van der Waals surface area contributed by atoms with Crippen LogP contribution in [-0.4, -0.2) is 5.78 Å². The third-order valence-electron chi connectivity index (χ3n) is 3.81. The van der Waals surface area contributed by atoms with E-state index in [-0.39, 0.29) is 11.2 Å². The summed E-state index contributed by atoms with van der Waals surface area (Å²) in [6.07, 6.45) is 0. The minimum Gasteiger partial charge on any atom is -0.293 e. The molecule has 1 radical (unpaired) electrons. The van der Waals surface area contributed by atoms with Crippen molar-refractivity contribution in [1.82, 2.24) is 0 Å². The van der Waals surface area contributed by atoms with Crippen molar-refractivity contribution in [3.63, 3.8) is 0 Å². The first-order valence-electron chi connectivity index (χ1n) is 6.53. The van der Waals surface area contributed by atoms with E-state index < -0.39 is 0 Å². The van der Waals surface area contributed by atoms with E-state index in [9.17, 15) is 4.79 Å². The van der Waals surface area contributed by atoms with Crippen LogP contribution in [-0.2, 0) is 5.41 Å². The van der Waals surface area contributed by atoms with Gasteiger partial charge in [0.05, 0.1) is 5.92 Å². The molecule has 0 saturated carbocycles. The molecule has 0 aliphatic rings. The molecule has 2 aromatic rings. The fourth-order valence-electron chi connectivity index (χ4n) is 2.16. The van der Waals surface area contributed by atoms with Crippen LogP contribution in [0.3, 0.4) is 0 Å². The molecule has 0 amide bonds. The normalized spacial score (nSPS) is 11.6. The zero-order chi connectivity index (χ0) is 13.9. The lowest BCUT2D eigenvalue weighted by molar-refractivity contribution is 0.0986. The Kier molecular flexibility index (Phi) is 3.84. The summed E-state index contributed by atoms with van der Waals surface area (Å²) >= 11 is 0. The highest BCUT2D eigenvalue weighted by Crippen LogP contribution is 2.35. The molecule has 2 rings (SSSR count). The summed E-state index contributed by atoms with van der Waals surface area (Å²) in [5, 5.41) is 0. The van der Waals surface area contributed by atoms with E-state index in [0.29, 0.717) is 0 Å². The van der Waals surface area contributed by atoms with Crippen LogP contribution in [0.1, 0.15) is 36.7 Å². The van der Waals surface area contributed by atoms with E-state index in [4.69, 9.17) is 0 Å². The first-order chi connectivity index (χ1) is 9.03. The maximum atomic E-state index is 12.5. The number of rotatable bonds is 4. The van der Waals surface area contributed by atoms with Crippen LogP contribution >= 0.6 is 0 Å². The van der Waals surface area contributed by atoms with Crippen molar-refractivity contribution in [2.45, 2.75) is 26.2 Å². The number of ketones is 1. The zero-order valence-corrected chi connectivity index (χ0v) is 11.7. The molecular weight excluding hydrogens is 232 g/mol. The second-order valence-corrected chi connectivity index (χ2v) is 5.31. The van der Waals surface area contributed by atoms with E-state index in [2.05, 4.69) is 26.0 Å². The van der Waals surface area contributed by atoms with Crippen molar-refractivity contribution in [2.24, 2.45) is 0 Å².